The third kappa shape index (κ3) is 3.45. The Morgan fingerprint density at radius 1 is 1.26 bits per heavy atom. The van der Waals surface area contributed by atoms with Crippen molar-refractivity contribution in [3.8, 4) is 0 Å². The van der Waals surface area contributed by atoms with Gasteiger partial charge in [-0.2, -0.15) is 0 Å². The van der Waals surface area contributed by atoms with Gasteiger partial charge in [0.25, 0.3) is 5.91 Å². The molecule has 1 N–H and O–H groups in total. The number of carbonyl (C=O) groups is 1. The maximum atomic E-state index is 12.0. The first kappa shape index (κ1) is 13.4. The second kappa shape index (κ2) is 5.71. The first-order valence-electron chi connectivity index (χ1n) is 5.76. The fourth-order valence-corrected chi connectivity index (χ4v) is 1.75. The molecular formula is C14H14ClN3O. The topological polar surface area (TPSA) is 45.2 Å². The molecule has 1 aromatic carbocycles. The van der Waals surface area contributed by atoms with Crippen LogP contribution in [0.2, 0.25) is 5.02 Å². The normalized spacial score (nSPS) is 10.1. The largest absolute Gasteiger partial charge is 0.378 e. The smallest absolute Gasteiger partial charge is 0.274 e. The van der Waals surface area contributed by atoms with Crippen molar-refractivity contribution in [2.45, 2.75) is 0 Å². The van der Waals surface area contributed by atoms with E-state index in [4.69, 9.17) is 11.6 Å². The van der Waals surface area contributed by atoms with Gasteiger partial charge in [-0.25, -0.2) is 0 Å². The van der Waals surface area contributed by atoms with Crippen molar-refractivity contribution in [1.29, 1.82) is 0 Å². The van der Waals surface area contributed by atoms with Crippen LogP contribution in [0.25, 0.3) is 0 Å². The predicted molar refractivity (Wildman–Crippen MR) is 78.0 cm³/mol. The molecule has 0 saturated carbocycles. The van der Waals surface area contributed by atoms with E-state index in [-0.39, 0.29) is 5.91 Å². The zero-order chi connectivity index (χ0) is 13.8. The van der Waals surface area contributed by atoms with Gasteiger partial charge in [0.15, 0.2) is 0 Å². The Morgan fingerprint density at radius 2 is 2.05 bits per heavy atom. The van der Waals surface area contributed by atoms with Gasteiger partial charge in [-0.1, -0.05) is 17.7 Å². The number of hydrogen-bond acceptors (Lipinski definition) is 3. The highest BCUT2D eigenvalue weighted by Crippen LogP contribution is 2.18. The van der Waals surface area contributed by atoms with Gasteiger partial charge in [0.05, 0.1) is 0 Å². The molecule has 0 unspecified atom stereocenters. The van der Waals surface area contributed by atoms with Crippen LogP contribution in [-0.4, -0.2) is 25.0 Å². The fraction of sp³-hybridized carbons (Fsp3) is 0.143. The molecule has 19 heavy (non-hydrogen) atoms. The molecule has 0 aliphatic rings. The van der Waals surface area contributed by atoms with E-state index < -0.39 is 0 Å². The highest BCUT2D eigenvalue weighted by Gasteiger charge is 2.08. The summed E-state index contributed by atoms with van der Waals surface area (Å²) in [5, 5.41) is 3.28. The van der Waals surface area contributed by atoms with Crippen molar-refractivity contribution in [2.75, 3.05) is 24.3 Å². The molecule has 0 aliphatic carbocycles. The predicted octanol–water partition coefficient (Wildman–Crippen LogP) is 3.05. The summed E-state index contributed by atoms with van der Waals surface area (Å²) in [7, 11) is 3.89. The third-order valence-corrected chi connectivity index (χ3v) is 2.81. The summed E-state index contributed by atoms with van der Waals surface area (Å²) in [5.41, 5.74) is 2.03. The molecular weight excluding hydrogens is 262 g/mol. The number of anilines is 2. The summed E-state index contributed by atoms with van der Waals surface area (Å²) < 4.78 is 0. The second-order valence-electron chi connectivity index (χ2n) is 4.26. The number of benzene rings is 1. The van der Waals surface area contributed by atoms with E-state index in [1.807, 2.05) is 43.3 Å². The van der Waals surface area contributed by atoms with Crippen molar-refractivity contribution >= 4 is 28.9 Å². The Morgan fingerprint density at radius 3 is 2.74 bits per heavy atom. The lowest BCUT2D eigenvalue weighted by atomic mass is 10.2. The van der Waals surface area contributed by atoms with E-state index in [2.05, 4.69) is 10.3 Å². The average Bonchev–Trinajstić information content (AvgIpc) is 2.39. The van der Waals surface area contributed by atoms with E-state index in [9.17, 15) is 4.79 Å². The van der Waals surface area contributed by atoms with Crippen LogP contribution in [0, 0.1) is 0 Å². The summed E-state index contributed by atoms with van der Waals surface area (Å²) in [6, 6.07) is 10.7. The van der Waals surface area contributed by atoms with Gasteiger partial charge in [0, 0.05) is 36.7 Å². The standard InChI is InChI=1S/C14H14ClN3O/c1-18(2)12-5-3-4-11(9-12)17-14(19)13-8-10(15)6-7-16-13/h3-9H,1-2H3,(H,17,19). The molecule has 0 radical (unpaired) electrons. The number of carbonyl (C=O) groups excluding carboxylic acids is 1. The van der Waals surface area contributed by atoms with Gasteiger partial charge >= 0.3 is 0 Å². The molecule has 2 rings (SSSR count). The lowest BCUT2D eigenvalue weighted by Gasteiger charge is -2.13. The monoisotopic (exact) mass is 275 g/mol. The quantitative estimate of drug-likeness (QED) is 0.936. The minimum absolute atomic E-state index is 0.279. The lowest BCUT2D eigenvalue weighted by molar-refractivity contribution is 0.102. The van der Waals surface area contributed by atoms with Crippen molar-refractivity contribution in [1.82, 2.24) is 4.98 Å². The number of pyridine rings is 1. The zero-order valence-corrected chi connectivity index (χ0v) is 11.5. The van der Waals surface area contributed by atoms with Gasteiger partial charge in [0.1, 0.15) is 5.69 Å². The van der Waals surface area contributed by atoms with Gasteiger partial charge in [-0.15, -0.1) is 0 Å². The minimum atomic E-state index is -0.279. The van der Waals surface area contributed by atoms with E-state index >= 15 is 0 Å². The van der Waals surface area contributed by atoms with Crippen LogP contribution >= 0.6 is 11.6 Å². The number of amides is 1. The summed E-state index contributed by atoms with van der Waals surface area (Å²) in [4.78, 5) is 18.0. The van der Waals surface area contributed by atoms with Crippen LogP contribution in [0.1, 0.15) is 10.5 Å². The number of hydrogen-bond donors (Lipinski definition) is 1. The molecule has 1 heterocycles. The van der Waals surface area contributed by atoms with Crippen molar-refractivity contribution in [3.63, 3.8) is 0 Å². The Kier molecular flexibility index (Phi) is 4.02. The second-order valence-corrected chi connectivity index (χ2v) is 4.69. The minimum Gasteiger partial charge on any atom is -0.378 e. The Hall–Kier alpha value is -2.07. The van der Waals surface area contributed by atoms with E-state index in [0.29, 0.717) is 10.7 Å². The number of nitrogens with zero attached hydrogens (tertiary/aromatic N) is 2. The average molecular weight is 276 g/mol. The molecule has 4 nitrogen and oxygen atoms in total. The summed E-state index contributed by atoms with van der Waals surface area (Å²) in [5.74, 6) is -0.279. The van der Waals surface area contributed by atoms with Gasteiger partial charge in [0.2, 0.25) is 0 Å². The first-order valence-corrected chi connectivity index (χ1v) is 6.14. The van der Waals surface area contributed by atoms with Gasteiger partial charge < -0.3 is 10.2 Å². The summed E-state index contributed by atoms with van der Waals surface area (Å²) in [6.07, 6.45) is 1.51. The summed E-state index contributed by atoms with van der Waals surface area (Å²) >= 11 is 5.83. The van der Waals surface area contributed by atoms with Crippen LogP contribution in [0.3, 0.4) is 0 Å². The molecule has 1 amide bonds. The van der Waals surface area contributed by atoms with Crippen LogP contribution in [-0.2, 0) is 0 Å². The number of rotatable bonds is 3. The van der Waals surface area contributed by atoms with E-state index in [0.717, 1.165) is 11.4 Å². The fourth-order valence-electron chi connectivity index (χ4n) is 1.59. The van der Waals surface area contributed by atoms with E-state index in [1.165, 1.54) is 12.3 Å². The molecule has 0 spiro atoms. The first-order chi connectivity index (χ1) is 9.06. The van der Waals surface area contributed by atoms with Crippen LogP contribution in [0.5, 0.6) is 0 Å². The van der Waals surface area contributed by atoms with Gasteiger partial charge in [-0.05, 0) is 30.3 Å². The van der Waals surface area contributed by atoms with Crippen LogP contribution < -0.4 is 10.2 Å². The van der Waals surface area contributed by atoms with Crippen molar-refractivity contribution in [3.05, 3.63) is 53.3 Å². The molecule has 0 saturated heterocycles. The molecule has 0 atom stereocenters. The highest BCUT2D eigenvalue weighted by molar-refractivity contribution is 6.30. The lowest BCUT2D eigenvalue weighted by Crippen LogP contribution is -2.14. The molecule has 1 aromatic heterocycles. The van der Waals surface area contributed by atoms with Crippen molar-refractivity contribution in [2.24, 2.45) is 0 Å². The molecule has 0 bridgehead atoms. The zero-order valence-electron chi connectivity index (χ0n) is 10.7. The molecule has 98 valence electrons. The molecule has 0 fully saturated rings. The Labute approximate surface area is 117 Å². The Balaban J connectivity index is 2.17. The Bertz CT molecular complexity index is 599. The third-order valence-electron chi connectivity index (χ3n) is 2.58. The van der Waals surface area contributed by atoms with Crippen molar-refractivity contribution < 1.29 is 4.79 Å². The maximum Gasteiger partial charge on any atom is 0.274 e. The highest BCUT2D eigenvalue weighted by atomic mass is 35.5. The van der Waals surface area contributed by atoms with Crippen LogP contribution in [0.4, 0.5) is 11.4 Å². The van der Waals surface area contributed by atoms with Gasteiger partial charge in [-0.3, -0.25) is 9.78 Å². The van der Waals surface area contributed by atoms with E-state index in [1.54, 1.807) is 6.07 Å². The van der Waals surface area contributed by atoms with Crippen LogP contribution in [0.15, 0.2) is 42.6 Å². The molecule has 5 heteroatoms. The summed E-state index contributed by atoms with van der Waals surface area (Å²) in [6.45, 7) is 0. The SMILES string of the molecule is CN(C)c1cccc(NC(=O)c2cc(Cl)ccn2)c1. The number of aromatic nitrogens is 1. The number of nitrogens with one attached hydrogen (secondary N) is 1. The number of halogens is 1. The molecule has 0 aliphatic heterocycles. The molecule has 2 aromatic rings. The maximum absolute atomic E-state index is 12.0.